The van der Waals surface area contributed by atoms with Crippen LogP contribution in [0, 0.1) is 0 Å². The van der Waals surface area contributed by atoms with Gasteiger partial charge in [0.2, 0.25) is 0 Å². The Bertz CT molecular complexity index is 29.4. The molecule has 0 aromatic carbocycles. The maximum Gasteiger partial charge on any atom is 0.0443 e. The fourth-order valence-electron chi connectivity index (χ4n) is 0.240. The van der Waals surface area contributed by atoms with Gasteiger partial charge in [-0.05, 0) is 6.42 Å². The molecule has 0 fully saturated rings. The van der Waals surface area contributed by atoms with Crippen molar-refractivity contribution in [3.63, 3.8) is 0 Å². The van der Waals surface area contributed by atoms with Crippen LogP contribution in [-0.2, 0) is 0 Å². The first kappa shape index (κ1) is 6.84. The van der Waals surface area contributed by atoms with E-state index in [1.165, 1.54) is 0 Å². The van der Waals surface area contributed by atoms with E-state index in [0.29, 0.717) is 6.54 Å². The van der Waals surface area contributed by atoms with Gasteiger partial charge in [0.25, 0.3) is 0 Å². The Morgan fingerprint density at radius 2 is 2.29 bits per heavy atom. The molecule has 0 unspecified atom stereocenters. The number of hydrogen-bond donors (Lipinski definition) is 4. The minimum Gasteiger partial charge on any atom is -0.396 e. The highest BCUT2D eigenvalue weighted by Gasteiger charge is 1.77. The van der Waals surface area contributed by atoms with E-state index in [4.69, 9.17) is 10.9 Å². The summed E-state index contributed by atoms with van der Waals surface area (Å²) in [5.41, 5.74) is 4.86. The lowest BCUT2D eigenvalue weighted by Gasteiger charge is -1.96. The molecule has 0 aromatic heterocycles. The smallest absolute Gasteiger partial charge is 0.0443 e. The molecule has 7 heavy (non-hydrogen) atoms. The largest absolute Gasteiger partial charge is 0.396 e. The summed E-state index contributed by atoms with van der Waals surface area (Å²) in [4.78, 5) is 0. The van der Waals surface area contributed by atoms with Crippen LogP contribution in [0.15, 0.2) is 0 Å². The number of hydrazine groups is 2. The second-order valence-electron chi connectivity index (χ2n) is 1.15. The van der Waals surface area contributed by atoms with Gasteiger partial charge in [0.15, 0.2) is 0 Å². The van der Waals surface area contributed by atoms with Gasteiger partial charge < -0.3 is 5.11 Å². The minimum atomic E-state index is 0.203. The molecule has 0 rings (SSSR count). The summed E-state index contributed by atoms with van der Waals surface area (Å²) >= 11 is 0. The van der Waals surface area contributed by atoms with E-state index in [2.05, 4.69) is 11.0 Å². The average Bonchev–Trinajstić information content (AvgIpc) is 1.69. The van der Waals surface area contributed by atoms with E-state index < -0.39 is 0 Å². The fourth-order valence-corrected chi connectivity index (χ4v) is 0.240. The zero-order valence-electron chi connectivity index (χ0n) is 4.15. The van der Waals surface area contributed by atoms with Gasteiger partial charge in [-0.3, -0.25) is 5.84 Å². The standard InChI is InChI=1S/C3H11N3O/c4-6-5-2-1-3-7/h5-7H,1-4H2. The Balaban J connectivity index is 2.45. The Morgan fingerprint density at radius 3 is 2.71 bits per heavy atom. The van der Waals surface area contributed by atoms with E-state index in [9.17, 15) is 0 Å². The molecule has 4 heteroatoms. The molecule has 44 valence electrons. The van der Waals surface area contributed by atoms with Gasteiger partial charge >= 0.3 is 0 Å². The Kier molecular flexibility index (Phi) is 5.71. The van der Waals surface area contributed by atoms with Gasteiger partial charge in [-0.15, -0.1) is 0 Å². The van der Waals surface area contributed by atoms with Crippen LogP contribution in [0.1, 0.15) is 6.42 Å². The molecule has 0 spiro atoms. The van der Waals surface area contributed by atoms with Crippen LogP contribution in [0.3, 0.4) is 0 Å². The highest BCUT2D eigenvalue weighted by atomic mass is 16.3. The van der Waals surface area contributed by atoms with Crippen LogP contribution in [0.5, 0.6) is 0 Å². The van der Waals surface area contributed by atoms with Crippen molar-refractivity contribution in [1.82, 2.24) is 11.0 Å². The predicted octanol–water partition coefficient (Wildman–Crippen LogP) is -1.66. The third-order valence-corrected chi connectivity index (χ3v) is 0.562. The molecule has 0 radical (unpaired) electrons. The summed E-state index contributed by atoms with van der Waals surface area (Å²) in [6.45, 7) is 0.904. The summed E-state index contributed by atoms with van der Waals surface area (Å²) in [7, 11) is 0. The van der Waals surface area contributed by atoms with Crippen LogP contribution in [-0.4, -0.2) is 18.3 Å². The summed E-state index contributed by atoms with van der Waals surface area (Å²) < 4.78 is 0. The van der Waals surface area contributed by atoms with Crippen LogP contribution in [0.2, 0.25) is 0 Å². The second-order valence-corrected chi connectivity index (χ2v) is 1.15. The summed E-state index contributed by atoms with van der Waals surface area (Å²) in [6.07, 6.45) is 0.726. The first-order valence-corrected chi connectivity index (χ1v) is 2.21. The first-order chi connectivity index (χ1) is 3.41. The van der Waals surface area contributed by atoms with Crippen molar-refractivity contribution in [2.45, 2.75) is 6.42 Å². The summed E-state index contributed by atoms with van der Waals surface area (Å²) in [6, 6.07) is 0. The molecule has 0 heterocycles. The van der Waals surface area contributed by atoms with Gasteiger partial charge in [-0.1, -0.05) is 0 Å². The molecule has 4 nitrogen and oxygen atoms in total. The Labute approximate surface area is 42.6 Å². The highest BCUT2D eigenvalue weighted by molar-refractivity contribution is 4.34. The molecular formula is C3H11N3O. The van der Waals surface area contributed by atoms with Gasteiger partial charge in [-0.25, -0.2) is 5.43 Å². The van der Waals surface area contributed by atoms with Crippen molar-refractivity contribution in [3.05, 3.63) is 0 Å². The Morgan fingerprint density at radius 1 is 1.57 bits per heavy atom. The molecule has 0 bridgehead atoms. The monoisotopic (exact) mass is 105 g/mol. The third-order valence-electron chi connectivity index (χ3n) is 0.562. The lowest BCUT2D eigenvalue weighted by molar-refractivity contribution is 0.283. The average molecular weight is 105 g/mol. The van der Waals surface area contributed by atoms with Gasteiger partial charge in [0.05, 0.1) is 0 Å². The highest BCUT2D eigenvalue weighted by Crippen LogP contribution is 1.65. The quantitative estimate of drug-likeness (QED) is 0.196. The number of aliphatic hydroxyl groups is 1. The molecule has 5 N–H and O–H groups in total. The van der Waals surface area contributed by atoms with E-state index in [0.717, 1.165) is 6.42 Å². The summed E-state index contributed by atoms with van der Waals surface area (Å²) in [5, 5.41) is 8.18. The van der Waals surface area contributed by atoms with Crippen LogP contribution >= 0.6 is 0 Å². The number of hydrogen-bond acceptors (Lipinski definition) is 4. The molecular weight excluding hydrogens is 94.1 g/mol. The molecule has 0 saturated heterocycles. The normalized spacial score (nSPS) is 9.43. The molecule has 0 saturated carbocycles. The maximum absolute atomic E-state index is 8.18. The van der Waals surface area contributed by atoms with Crippen molar-refractivity contribution in [2.24, 2.45) is 5.84 Å². The van der Waals surface area contributed by atoms with Crippen molar-refractivity contribution >= 4 is 0 Å². The van der Waals surface area contributed by atoms with Gasteiger partial charge in [0.1, 0.15) is 0 Å². The molecule has 0 aliphatic carbocycles. The topological polar surface area (TPSA) is 70.3 Å². The van der Waals surface area contributed by atoms with E-state index in [1.807, 2.05) is 0 Å². The zero-order chi connectivity index (χ0) is 5.54. The lowest BCUT2D eigenvalue weighted by Crippen LogP contribution is -2.38. The van der Waals surface area contributed by atoms with Crippen molar-refractivity contribution < 1.29 is 5.11 Å². The van der Waals surface area contributed by atoms with Crippen LogP contribution in [0.4, 0.5) is 0 Å². The van der Waals surface area contributed by atoms with Gasteiger partial charge in [-0.2, -0.15) is 5.53 Å². The minimum absolute atomic E-state index is 0.203. The molecule has 0 aromatic rings. The molecule has 0 amide bonds. The molecule has 0 atom stereocenters. The number of nitrogens with one attached hydrogen (secondary N) is 2. The van der Waals surface area contributed by atoms with E-state index in [-0.39, 0.29) is 6.61 Å². The van der Waals surface area contributed by atoms with Crippen LogP contribution in [0.25, 0.3) is 0 Å². The zero-order valence-corrected chi connectivity index (χ0v) is 4.15. The second kappa shape index (κ2) is 5.84. The summed E-state index contributed by atoms with van der Waals surface area (Å²) in [5.74, 6) is 4.83. The van der Waals surface area contributed by atoms with E-state index >= 15 is 0 Å². The number of rotatable bonds is 4. The van der Waals surface area contributed by atoms with Crippen molar-refractivity contribution in [2.75, 3.05) is 13.2 Å². The van der Waals surface area contributed by atoms with Crippen LogP contribution < -0.4 is 16.8 Å². The van der Waals surface area contributed by atoms with Crippen molar-refractivity contribution in [3.8, 4) is 0 Å². The first-order valence-electron chi connectivity index (χ1n) is 2.21. The number of aliphatic hydroxyl groups excluding tert-OH is 1. The predicted molar refractivity (Wildman–Crippen MR) is 27.0 cm³/mol. The Hall–Kier alpha value is -0.160. The van der Waals surface area contributed by atoms with Gasteiger partial charge in [0, 0.05) is 13.2 Å². The fraction of sp³-hybridized carbons (Fsp3) is 1.00. The lowest BCUT2D eigenvalue weighted by atomic mass is 10.5. The molecule has 0 aliphatic rings. The van der Waals surface area contributed by atoms with E-state index in [1.54, 1.807) is 0 Å². The molecule has 0 aliphatic heterocycles. The maximum atomic E-state index is 8.18. The SMILES string of the molecule is NNNCCCO. The van der Waals surface area contributed by atoms with Crippen molar-refractivity contribution in [1.29, 1.82) is 0 Å². The third kappa shape index (κ3) is 5.84. The number of nitrogens with two attached hydrogens (primary N) is 1.